The number of fused-ring (bicyclic) bond motifs is 6. The Kier molecular flexibility index (Phi) is 11.1. The lowest BCUT2D eigenvalue weighted by atomic mass is 9.76. The first kappa shape index (κ1) is 33.6. The third-order valence-corrected chi connectivity index (χ3v) is 10.0. The average Bonchev–Trinajstić information content (AvgIpc) is 3.40. The molecule has 2 aliphatic rings. The van der Waals surface area contributed by atoms with E-state index in [1.807, 2.05) is 42.5 Å². The van der Waals surface area contributed by atoms with E-state index < -0.39 is 5.60 Å². The molecule has 4 aromatic rings. The highest BCUT2D eigenvalue weighted by Gasteiger charge is 2.55. The topological polar surface area (TPSA) is 50.8 Å². The minimum Gasteiger partial charge on any atom is -0.456 e. The van der Waals surface area contributed by atoms with Gasteiger partial charge in [0.1, 0.15) is 11.5 Å². The Balaban J connectivity index is 1.44. The summed E-state index contributed by atoms with van der Waals surface area (Å²) in [6.45, 7) is 8.56. The molecule has 2 heterocycles. The molecule has 48 heavy (non-hydrogen) atoms. The minimum absolute atomic E-state index is 0.296. The Morgan fingerprint density at radius 2 is 1.31 bits per heavy atom. The van der Waals surface area contributed by atoms with Crippen LogP contribution in [0.4, 0.5) is 17.1 Å². The molecule has 5 nitrogen and oxygen atoms in total. The second-order valence-electron chi connectivity index (χ2n) is 13.5. The van der Waals surface area contributed by atoms with Gasteiger partial charge < -0.3 is 19.7 Å². The molecular weight excluding hydrogens is 592 g/mol. The summed E-state index contributed by atoms with van der Waals surface area (Å²) in [6.07, 6.45) is 15.0. The molecule has 1 unspecified atom stereocenters. The molecule has 0 saturated carbocycles. The number of para-hydroxylation sites is 1. The fraction of sp³-hybridized carbons (Fsp3) is 0.419. The zero-order valence-corrected chi connectivity index (χ0v) is 29.2. The maximum atomic E-state index is 13.8. The van der Waals surface area contributed by atoms with Gasteiger partial charge in [-0.3, -0.25) is 0 Å². The van der Waals surface area contributed by atoms with Crippen molar-refractivity contribution in [3.8, 4) is 11.5 Å². The Labute approximate surface area is 287 Å². The molecule has 0 fully saturated rings. The second kappa shape index (κ2) is 15.8. The highest BCUT2D eigenvalue weighted by atomic mass is 16.6. The molecule has 0 bridgehead atoms. The number of benzene rings is 4. The maximum absolute atomic E-state index is 13.8. The van der Waals surface area contributed by atoms with Crippen LogP contribution in [0.2, 0.25) is 0 Å². The predicted octanol–water partition coefficient (Wildman–Crippen LogP) is 11.8. The van der Waals surface area contributed by atoms with Crippen molar-refractivity contribution in [1.82, 2.24) is 0 Å². The number of anilines is 3. The summed E-state index contributed by atoms with van der Waals surface area (Å²) in [7, 11) is 0. The number of nitrogens with zero attached hydrogens (tertiary/aromatic N) is 1. The molecule has 0 aromatic heterocycles. The van der Waals surface area contributed by atoms with Gasteiger partial charge in [0.25, 0.3) is 0 Å². The summed E-state index contributed by atoms with van der Waals surface area (Å²) in [4.78, 5) is 16.3. The van der Waals surface area contributed by atoms with Gasteiger partial charge in [-0.1, -0.05) is 121 Å². The van der Waals surface area contributed by atoms with Gasteiger partial charge in [0.15, 0.2) is 5.60 Å². The Morgan fingerprint density at radius 3 is 2.02 bits per heavy atom. The van der Waals surface area contributed by atoms with Crippen molar-refractivity contribution in [2.75, 3.05) is 23.3 Å². The number of carbonyl (C=O) groups is 1. The molecule has 4 aromatic carbocycles. The number of carbonyl (C=O) groups excluding carboxylic acids is 1. The summed E-state index contributed by atoms with van der Waals surface area (Å²) in [5, 5.41) is 3.62. The molecule has 0 amide bonds. The summed E-state index contributed by atoms with van der Waals surface area (Å²) < 4.78 is 13.5. The van der Waals surface area contributed by atoms with Crippen molar-refractivity contribution in [2.24, 2.45) is 0 Å². The van der Waals surface area contributed by atoms with E-state index in [4.69, 9.17) is 9.47 Å². The van der Waals surface area contributed by atoms with E-state index in [0.717, 1.165) is 76.7 Å². The molecule has 2 aliphatic heterocycles. The van der Waals surface area contributed by atoms with Crippen molar-refractivity contribution in [3.05, 3.63) is 113 Å². The highest BCUT2D eigenvalue weighted by molar-refractivity contribution is 5.98. The van der Waals surface area contributed by atoms with Crippen LogP contribution >= 0.6 is 0 Å². The van der Waals surface area contributed by atoms with Crippen molar-refractivity contribution in [2.45, 2.75) is 103 Å². The van der Waals surface area contributed by atoms with E-state index in [9.17, 15) is 4.79 Å². The van der Waals surface area contributed by atoms with Crippen LogP contribution in [0.3, 0.4) is 0 Å². The first-order valence-electron chi connectivity index (χ1n) is 18.4. The monoisotopic (exact) mass is 644 g/mol. The van der Waals surface area contributed by atoms with Crippen LogP contribution in [-0.4, -0.2) is 19.1 Å². The van der Waals surface area contributed by atoms with Gasteiger partial charge in [-0.05, 0) is 67.8 Å². The lowest BCUT2D eigenvalue weighted by Crippen LogP contribution is -2.37. The zero-order chi connectivity index (χ0) is 33.3. The molecule has 5 heteroatoms. The first-order chi connectivity index (χ1) is 23.6. The third kappa shape index (κ3) is 6.97. The number of aryl methyl sites for hydroxylation is 1. The Morgan fingerprint density at radius 1 is 0.667 bits per heavy atom. The number of ether oxygens (including phenoxy) is 2. The zero-order valence-electron chi connectivity index (χ0n) is 29.2. The molecule has 1 spiro atoms. The number of hydrogen-bond acceptors (Lipinski definition) is 5. The van der Waals surface area contributed by atoms with Gasteiger partial charge in [-0.15, -0.1) is 0 Å². The van der Waals surface area contributed by atoms with E-state index in [2.05, 4.69) is 73.5 Å². The van der Waals surface area contributed by atoms with E-state index >= 15 is 0 Å². The Hall–Kier alpha value is -4.25. The van der Waals surface area contributed by atoms with Crippen LogP contribution < -0.4 is 15.0 Å². The van der Waals surface area contributed by atoms with Crippen LogP contribution in [0.25, 0.3) is 0 Å². The lowest BCUT2D eigenvalue weighted by Gasteiger charge is -2.40. The van der Waals surface area contributed by atoms with Crippen molar-refractivity contribution < 1.29 is 14.3 Å². The second-order valence-corrected chi connectivity index (χ2v) is 13.5. The average molecular weight is 645 g/mol. The number of unbranched alkanes of at least 4 members (excludes halogenated alkanes) is 10. The predicted molar refractivity (Wildman–Crippen MR) is 198 cm³/mol. The van der Waals surface area contributed by atoms with Crippen LogP contribution in [0, 0.1) is 6.92 Å². The summed E-state index contributed by atoms with van der Waals surface area (Å²) >= 11 is 0. The van der Waals surface area contributed by atoms with Crippen LogP contribution in [-0.2, 0) is 10.3 Å². The van der Waals surface area contributed by atoms with Gasteiger partial charge >= 0.3 is 5.97 Å². The number of hydrogen-bond donors (Lipinski definition) is 1. The number of esters is 1. The molecule has 1 atom stereocenters. The normalized spacial score (nSPS) is 15.8. The number of nitrogens with one attached hydrogen (secondary N) is 1. The van der Waals surface area contributed by atoms with Crippen molar-refractivity contribution in [3.63, 3.8) is 0 Å². The Bertz CT molecular complexity index is 1670. The third-order valence-electron chi connectivity index (χ3n) is 10.0. The molecule has 0 aliphatic carbocycles. The van der Waals surface area contributed by atoms with E-state index in [0.29, 0.717) is 5.56 Å². The molecule has 6 rings (SSSR count). The minimum atomic E-state index is -1.13. The van der Waals surface area contributed by atoms with Crippen LogP contribution in [0.1, 0.15) is 124 Å². The van der Waals surface area contributed by atoms with E-state index in [-0.39, 0.29) is 5.97 Å². The summed E-state index contributed by atoms with van der Waals surface area (Å²) in [6, 6.07) is 28.7. The maximum Gasteiger partial charge on any atom is 0.340 e. The van der Waals surface area contributed by atoms with Gasteiger partial charge in [0, 0.05) is 41.3 Å². The standard InChI is InChI=1S/C43H52N2O3/c1-4-6-8-10-12-19-28-45(29-20-13-11-9-7-5-2)38-26-21-27-39-41(38)43(35-25-18-17-24-34(35)42(46)48-43)36-31-37(32(3)30-40(36)47-39)44-33-22-15-14-16-23-33/h14-18,21-27,30-31,44H,4-13,19-20,28-29H2,1-3H3. The van der Waals surface area contributed by atoms with Gasteiger partial charge in [0.05, 0.1) is 11.1 Å². The largest absolute Gasteiger partial charge is 0.456 e. The number of rotatable bonds is 17. The molecular formula is C43H52N2O3. The van der Waals surface area contributed by atoms with Crippen LogP contribution in [0.15, 0.2) is 84.9 Å². The lowest BCUT2D eigenvalue weighted by molar-refractivity contribution is 0.0226. The quantitative estimate of drug-likeness (QED) is 0.0915. The van der Waals surface area contributed by atoms with Gasteiger partial charge in [-0.25, -0.2) is 4.79 Å². The van der Waals surface area contributed by atoms with Gasteiger partial charge in [-0.2, -0.15) is 0 Å². The van der Waals surface area contributed by atoms with E-state index in [1.165, 1.54) is 64.2 Å². The van der Waals surface area contributed by atoms with E-state index in [1.54, 1.807) is 0 Å². The summed E-state index contributed by atoms with van der Waals surface area (Å²) in [5.74, 6) is 1.18. The van der Waals surface area contributed by atoms with Gasteiger partial charge in [0.2, 0.25) is 0 Å². The summed E-state index contributed by atoms with van der Waals surface area (Å²) in [5.41, 5.74) is 6.26. The fourth-order valence-corrected chi connectivity index (χ4v) is 7.45. The van der Waals surface area contributed by atoms with Crippen molar-refractivity contribution in [1.29, 1.82) is 0 Å². The fourth-order valence-electron chi connectivity index (χ4n) is 7.45. The molecule has 0 radical (unpaired) electrons. The van der Waals surface area contributed by atoms with Crippen molar-refractivity contribution >= 4 is 23.0 Å². The molecule has 0 saturated heterocycles. The highest BCUT2D eigenvalue weighted by Crippen LogP contribution is 2.59. The smallest absolute Gasteiger partial charge is 0.340 e. The van der Waals surface area contributed by atoms with Crippen LogP contribution in [0.5, 0.6) is 11.5 Å². The molecule has 1 N–H and O–H groups in total. The SMILES string of the molecule is CCCCCCCCN(CCCCCCCC)c1cccc2c1C1(OC(=O)c3ccccc31)c1cc(Nc3ccccc3)c(C)cc1O2. The molecule has 252 valence electrons. The first-order valence-corrected chi connectivity index (χ1v) is 18.4.